The maximum Gasteiger partial charge on any atom is 0.123 e. The summed E-state index contributed by atoms with van der Waals surface area (Å²) in [4.78, 5) is 9.60. The van der Waals surface area contributed by atoms with E-state index in [1.165, 1.54) is 12.1 Å². The molecule has 1 fully saturated rings. The van der Waals surface area contributed by atoms with E-state index in [1.807, 2.05) is 12.1 Å². The molecule has 5 heteroatoms. The Balaban J connectivity index is 1.67. The molecule has 0 saturated carbocycles. The molecule has 1 atom stereocenters. The highest BCUT2D eigenvalue weighted by molar-refractivity contribution is 5.78. The molecule has 0 amide bonds. The first-order valence-corrected chi connectivity index (χ1v) is 9.17. The number of fused-ring (bicyclic) bond motifs is 1. The lowest BCUT2D eigenvalue weighted by Gasteiger charge is -2.42. The smallest absolute Gasteiger partial charge is 0.123 e. The standard InChI is InChI=1S/C20H28FN3O/c1-15(2)12-24-9-8-23(14-19(24)7-10-25)13-18-5-3-16-11-17(21)4-6-20(16)22-18/h3-6,11,15,19,25H,7-10,12-14H2,1-2H3. The first-order chi connectivity index (χ1) is 12.0. The molecule has 136 valence electrons. The summed E-state index contributed by atoms with van der Waals surface area (Å²) in [6, 6.07) is 9.05. The van der Waals surface area contributed by atoms with E-state index in [0.717, 1.165) is 55.7 Å². The number of piperazine rings is 1. The number of aliphatic hydroxyl groups is 1. The van der Waals surface area contributed by atoms with Gasteiger partial charge < -0.3 is 5.11 Å². The lowest BCUT2D eigenvalue weighted by molar-refractivity contribution is 0.0472. The Morgan fingerprint density at radius 2 is 2.08 bits per heavy atom. The predicted molar refractivity (Wildman–Crippen MR) is 98.9 cm³/mol. The summed E-state index contributed by atoms with van der Waals surface area (Å²) < 4.78 is 13.3. The summed E-state index contributed by atoms with van der Waals surface area (Å²) in [5, 5.41) is 10.2. The normalized spacial score (nSPS) is 19.8. The highest BCUT2D eigenvalue weighted by Gasteiger charge is 2.27. The van der Waals surface area contributed by atoms with E-state index < -0.39 is 0 Å². The van der Waals surface area contributed by atoms with Crippen LogP contribution in [0.15, 0.2) is 30.3 Å². The van der Waals surface area contributed by atoms with Gasteiger partial charge in [0.2, 0.25) is 0 Å². The van der Waals surface area contributed by atoms with E-state index in [1.54, 1.807) is 6.07 Å². The fraction of sp³-hybridized carbons (Fsp3) is 0.550. The van der Waals surface area contributed by atoms with Gasteiger partial charge in [-0.1, -0.05) is 19.9 Å². The average Bonchev–Trinajstić information content (AvgIpc) is 2.57. The third kappa shape index (κ3) is 4.75. The Morgan fingerprint density at radius 3 is 2.84 bits per heavy atom. The molecule has 3 rings (SSSR count). The second-order valence-electron chi connectivity index (χ2n) is 7.43. The van der Waals surface area contributed by atoms with Crippen LogP contribution < -0.4 is 0 Å². The minimum atomic E-state index is -0.227. The van der Waals surface area contributed by atoms with E-state index in [4.69, 9.17) is 0 Å². The van der Waals surface area contributed by atoms with Gasteiger partial charge in [0.05, 0.1) is 11.2 Å². The van der Waals surface area contributed by atoms with E-state index in [2.05, 4.69) is 28.6 Å². The van der Waals surface area contributed by atoms with E-state index in [-0.39, 0.29) is 12.4 Å². The molecule has 1 aromatic carbocycles. The van der Waals surface area contributed by atoms with Crippen molar-refractivity contribution in [3.05, 3.63) is 41.8 Å². The summed E-state index contributed by atoms with van der Waals surface area (Å²) in [6.45, 7) is 9.58. The zero-order valence-corrected chi connectivity index (χ0v) is 15.2. The summed E-state index contributed by atoms with van der Waals surface area (Å²) in [5.41, 5.74) is 1.85. The van der Waals surface area contributed by atoms with Crippen molar-refractivity contribution in [1.29, 1.82) is 0 Å². The minimum absolute atomic E-state index is 0.227. The molecule has 25 heavy (non-hydrogen) atoms. The van der Waals surface area contributed by atoms with Gasteiger partial charge in [-0.2, -0.15) is 0 Å². The van der Waals surface area contributed by atoms with Gasteiger partial charge in [-0.15, -0.1) is 0 Å². The molecule has 1 aliphatic heterocycles. The maximum absolute atomic E-state index is 13.3. The monoisotopic (exact) mass is 345 g/mol. The van der Waals surface area contributed by atoms with Gasteiger partial charge in [0.1, 0.15) is 5.82 Å². The van der Waals surface area contributed by atoms with Gasteiger partial charge in [-0.25, -0.2) is 4.39 Å². The molecule has 0 aliphatic carbocycles. The first-order valence-electron chi connectivity index (χ1n) is 9.17. The van der Waals surface area contributed by atoms with Gasteiger partial charge in [0.15, 0.2) is 0 Å². The number of hydrogen-bond acceptors (Lipinski definition) is 4. The molecule has 1 aromatic heterocycles. The zero-order chi connectivity index (χ0) is 17.8. The van der Waals surface area contributed by atoms with Gasteiger partial charge in [-0.3, -0.25) is 14.8 Å². The van der Waals surface area contributed by atoms with Crippen molar-refractivity contribution in [2.24, 2.45) is 5.92 Å². The maximum atomic E-state index is 13.3. The number of nitrogens with zero attached hydrogens (tertiary/aromatic N) is 3. The Hall–Kier alpha value is -1.56. The molecular weight excluding hydrogens is 317 g/mol. The molecule has 0 radical (unpaired) electrons. The lowest BCUT2D eigenvalue weighted by Crippen LogP contribution is -2.53. The number of hydrogen-bond donors (Lipinski definition) is 1. The van der Waals surface area contributed by atoms with Crippen molar-refractivity contribution in [3.63, 3.8) is 0 Å². The molecule has 4 nitrogen and oxygen atoms in total. The molecule has 2 aromatic rings. The van der Waals surface area contributed by atoms with Crippen LogP contribution in [-0.4, -0.2) is 58.7 Å². The molecule has 1 aliphatic rings. The van der Waals surface area contributed by atoms with Crippen molar-refractivity contribution < 1.29 is 9.50 Å². The predicted octanol–water partition coefficient (Wildman–Crippen LogP) is 2.90. The van der Waals surface area contributed by atoms with Crippen LogP contribution >= 0.6 is 0 Å². The van der Waals surface area contributed by atoms with Crippen LogP contribution in [0.4, 0.5) is 4.39 Å². The highest BCUT2D eigenvalue weighted by Crippen LogP contribution is 2.19. The fourth-order valence-corrected chi connectivity index (χ4v) is 3.69. The molecule has 2 heterocycles. The van der Waals surface area contributed by atoms with Crippen LogP contribution in [0, 0.1) is 11.7 Å². The molecular formula is C20H28FN3O. The fourth-order valence-electron chi connectivity index (χ4n) is 3.69. The van der Waals surface area contributed by atoms with Crippen LogP contribution in [0.2, 0.25) is 0 Å². The van der Waals surface area contributed by atoms with Gasteiger partial charge >= 0.3 is 0 Å². The van der Waals surface area contributed by atoms with Crippen LogP contribution in [0.1, 0.15) is 26.0 Å². The lowest BCUT2D eigenvalue weighted by atomic mass is 10.1. The summed E-state index contributed by atoms with van der Waals surface area (Å²) in [6.07, 6.45) is 0.813. The zero-order valence-electron chi connectivity index (χ0n) is 15.2. The largest absolute Gasteiger partial charge is 0.396 e. The summed E-state index contributed by atoms with van der Waals surface area (Å²) in [7, 11) is 0. The Bertz CT molecular complexity index is 706. The van der Waals surface area contributed by atoms with E-state index >= 15 is 0 Å². The molecule has 0 spiro atoms. The number of aromatic nitrogens is 1. The molecule has 1 unspecified atom stereocenters. The van der Waals surface area contributed by atoms with E-state index in [0.29, 0.717) is 12.0 Å². The van der Waals surface area contributed by atoms with Crippen molar-refractivity contribution in [2.45, 2.75) is 32.9 Å². The highest BCUT2D eigenvalue weighted by atomic mass is 19.1. The SMILES string of the molecule is CC(C)CN1CCN(Cc2ccc3cc(F)ccc3n2)CC1CCO. The molecule has 0 bridgehead atoms. The number of aliphatic hydroxyl groups excluding tert-OH is 1. The van der Waals surface area contributed by atoms with Crippen molar-refractivity contribution in [2.75, 3.05) is 32.8 Å². The topological polar surface area (TPSA) is 39.6 Å². The number of rotatable bonds is 6. The van der Waals surface area contributed by atoms with E-state index in [9.17, 15) is 9.50 Å². The second-order valence-corrected chi connectivity index (χ2v) is 7.43. The molecule has 1 N–H and O–H groups in total. The Morgan fingerprint density at radius 1 is 1.24 bits per heavy atom. The third-order valence-corrected chi connectivity index (χ3v) is 4.85. The third-order valence-electron chi connectivity index (χ3n) is 4.85. The average molecular weight is 345 g/mol. The quantitative estimate of drug-likeness (QED) is 0.874. The first kappa shape index (κ1) is 18.2. The van der Waals surface area contributed by atoms with Crippen LogP contribution in [0.3, 0.4) is 0 Å². The number of pyridine rings is 1. The van der Waals surface area contributed by atoms with Crippen LogP contribution in [0.5, 0.6) is 0 Å². The van der Waals surface area contributed by atoms with Gasteiger partial charge in [0.25, 0.3) is 0 Å². The molecule has 1 saturated heterocycles. The van der Waals surface area contributed by atoms with Gasteiger partial charge in [0, 0.05) is 50.8 Å². The van der Waals surface area contributed by atoms with Crippen LogP contribution in [0.25, 0.3) is 10.9 Å². The van der Waals surface area contributed by atoms with Gasteiger partial charge in [-0.05, 0) is 36.6 Å². The van der Waals surface area contributed by atoms with Crippen molar-refractivity contribution >= 4 is 10.9 Å². The van der Waals surface area contributed by atoms with Crippen LogP contribution in [-0.2, 0) is 6.54 Å². The number of benzene rings is 1. The minimum Gasteiger partial charge on any atom is -0.396 e. The Labute approximate surface area is 149 Å². The van der Waals surface area contributed by atoms with Crippen molar-refractivity contribution in [3.8, 4) is 0 Å². The summed E-state index contributed by atoms with van der Waals surface area (Å²) >= 11 is 0. The van der Waals surface area contributed by atoms with Crippen molar-refractivity contribution in [1.82, 2.24) is 14.8 Å². The number of halogens is 1. The second kappa shape index (κ2) is 8.21. The summed E-state index contributed by atoms with van der Waals surface area (Å²) in [5.74, 6) is 0.408. The Kier molecular flexibility index (Phi) is 5.99.